The average molecular weight is 308 g/mol. The first kappa shape index (κ1) is 15.1. The fraction of sp³-hybridized carbons (Fsp3) is 0.667. The number of hydrogen-bond donors (Lipinski definition) is 1. The topological polar surface area (TPSA) is 53.4 Å². The van der Waals surface area contributed by atoms with Gasteiger partial charge in [-0.3, -0.25) is 0 Å². The van der Waals surface area contributed by atoms with Crippen molar-refractivity contribution in [2.45, 2.75) is 38.3 Å². The molecule has 1 aromatic heterocycles. The third-order valence-corrected chi connectivity index (χ3v) is 4.05. The lowest BCUT2D eigenvalue weighted by Gasteiger charge is -2.22. The molecule has 112 valence electrons. The lowest BCUT2D eigenvalue weighted by atomic mass is 10.2. The third-order valence-electron chi connectivity index (χ3n) is 2.93. The minimum absolute atomic E-state index is 0.0748. The molecule has 0 unspecified atom stereocenters. The molecule has 0 aromatic carbocycles. The van der Waals surface area contributed by atoms with Crippen LogP contribution in [0.5, 0.6) is 0 Å². The summed E-state index contributed by atoms with van der Waals surface area (Å²) >= 11 is 0.840. The smallest absolute Gasteiger partial charge is 0.406 e. The van der Waals surface area contributed by atoms with Crippen molar-refractivity contribution in [2.75, 3.05) is 18.0 Å². The fourth-order valence-corrected chi connectivity index (χ4v) is 2.99. The predicted octanol–water partition coefficient (Wildman–Crippen LogP) is 3.50. The molecular weight excluding hydrogens is 293 g/mol. The van der Waals surface area contributed by atoms with Crippen LogP contribution in [0.2, 0.25) is 0 Å². The van der Waals surface area contributed by atoms with Crippen molar-refractivity contribution in [1.82, 2.24) is 4.98 Å². The molecule has 0 saturated heterocycles. The summed E-state index contributed by atoms with van der Waals surface area (Å²) in [4.78, 5) is 16.5. The van der Waals surface area contributed by atoms with E-state index in [1.54, 1.807) is 6.92 Å². The molecule has 0 radical (unpaired) electrons. The van der Waals surface area contributed by atoms with Crippen LogP contribution in [-0.2, 0) is 0 Å². The van der Waals surface area contributed by atoms with Gasteiger partial charge in [0.05, 0.1) is 5.69 Å². The highest BCUT2D eigenvalue weighted by Gasteiger charge is 2.35. The van der Waals surface area contributed by atoms with Crippen LogP contribution in [0.25, 0.3) is 0 Å². The van der Waals surface area contributed by atoms with Crippen LogP contribution in [0.15, 0.2) is 0 Å². The van der Waals surface area contributed by atoms with Crippen LogP contribution < -0.4 is 4.90 Å². The Hall–Kier alpha value is -1.31. The highest BCUT2D eigenvalue weighted by atomic mass is 32.1. The number of carboxylic acid groups (broad SMARTS) is 1. The number of thiazole rings is 1. The molecule has 0 aliphatic heterocycles. The molecule has 4 nitrogen and oxygen atoms in total. The van der Waals surface area contributed by atoms with Crippen molar-refractivity contribution in [3.63, 3.8) is 0 Å². The summed E-state index contributed by atoms with van der Waals surface area (Å²) in [5, 5.41) is 9.29. The van der Waals surface area contributed by atoms with Gasteiger partial charge < -0.3 is 10.0 Å². The van der Waals surface area contributed by atoms with E-state index in [2.05, 4.69) is 4.98 Å². The summed E-state index contributed by atoms with van der Waals surface area (Å²) in [5.41, 5.74) is 0.445. The van der Waals surface area contributed by atoms with E-state index in [1.165, 1.54) is 0 Å². The number of carbonyl (C=O) groups is 1. The second-order valence-electron chi connectivity index (χ2n) is 4.83. The molecule has 0 bridgehead atoms. The molecule has 1 aromatic rings. The van der Waals surface area contributed by atoms with E-state index < -0.39 is 18.7 Å². The number of hydrogen-bond acceptors (Lipinski definition) is 4. The number of nitrogens with zero attached hydrogens (tertiary/aromatic N) is 2. The van der Waals surface area contributed by atoms with Crippen molar-refractivity contribution >= 4 is 22.4 Å². The average Bonchev–Trinajstić information content (AvgIpc) is 3.05. The zero-order valence-corrected chi connectivity index (χ0v) is 11.7. The lowest BCUT2D eigenvalue weighted by Crippen LogP contribution is -2.34. The molecule has 1 aliphatic rings. The number of halogens is 3. The van der Waals surface area contributed by atoms with Gasteiger partial charge in [-0.15, -0.1) is 0 Å². The van der Waals surface area contributed by atoms with Gasteiger partial charge in [0.2, 0.25) is 0 Å². The number of rotatable bonds is 6. The van der Waals surface area contributed by atoms with Gasteiger partial charge >= 0.3 is 12.1 Å². The van der Waals surface area contributed by atoms with Crippen LogP contribution >= 0.6 is 11.3 Å². The van der Waals surface area contributed by atoms with E-state index in [0.29, 0.717) is 12.1 Å². The van der Waals surface area contributed by atoms with Crippen molar-refractivity contribution < 1.29 is 23.1 Å². The summed E-state index contributed by atoms with van der Waals surface area (Å²) in [6.45, 7) is 0.880. The second kappa shape index (κ2) is 5.59. The Kier molecular flexibility index (Phi) is 4.22. The number of carboxylic acids is 1. The molecule has 2 rings (SSSR count). The Morgan fingerprint density at radius 1 is 1.50 bits per heavy atom. The van der Waals surface area contributed by atoms with Crippen molar-refractivity contribution in [1.29, 1.82) is 0 Å². The molecule has 20 heavy (non-hydrogen) atoms. The van der Waals surface area contributed by atoms with Crippen LogP contribution in [0.4, 0.5) is 18.3 Å². The number of anilines is 1. The van der Waals surface area contributed by atoms with Gasteiger partial charge in [-0.1, -0.05) is 18.3 Å². The van der Waals surface area contributed by atoms with Crippen LogP contribution in [0, 0.1) is 0 Å². The van der Waals surface area contributed by atoms with Gasteiger partial charge in [0.1, 0.15) is 11.4 Å². The largest absolute Gasteiger partial charge is 0.477 e. The monoisotopic (exact) mass is 308 g/mol. The van der Waals surface area contributed by atoms with Gasteiger partial charge in [0.15, 0.2) is 5.13 Å². The highest BCUT2D eigenvalue weighted by Crippen LogP contribution is 2.44. The van der Waals surface area contributed by atoms with Gasteiger partial charge in [0.25, 0.3) is 0 Å². The summed E-state index contributed by atoms with van der Waals surface area (Å²) in [6.07, 6.45) is -2.08. The quantitative estimate of drug-likeness (QED) is 0.874. The van der Waals surface area contributed by atoms with Crippen molar-refractivity contribution in [3.05, 3.63) is 10.6 Å². The van der Waals surface area contributed by atoms with Crippen molar-refractivity contribution in [2.24, 2.45) is 0 Å². The normalized spacial score (nSPS) is 15.4. The maximum absolute atomic E-state index is 12.6. The molecular formula is C12H15F3N2O2S. The molecule has 1 fully saturated rings. The summed E-state index contributed by atoms with van der Waals surface area (Å²) in [5.74, 6) is -1.01. The number of aromatic nitrogens is 1. The molecule has 0 amide bonds. The van der Waals surface area contributed by atoms with Gasteiger partial charge in [-0.2, -0.15) is 13.2 Å². The molecule has 1 saturated carbocycles. The zero-order chi connectivity index (χ0) is 14.9. The van der Waals surface area contributed by atoms with Crippen LogP contribution in [-0.4, -0.2) is 35.3 Å². The Balaban J connectivity index is 2.28. The molecule has 1 aliphatic carbocycles. The minimum Gasteiger partial charge on any atom is -0.477 e. The highest BCUT2D eigenvalue weighted by molar-refractivity contribution is 7.17. The minimum atomic E-state index is -4.33. The number of aromatic carboxylic acids is 1. The zero-order valence-electron chi connectivity index (χ0n) is 10.9. The summed E-state index contributed by atoms with van der Waals surface area (Å²) in [7, 11) is 0. The Morgan fingerprint density at radius 3 is 2.60 bits per heavy atom. The van der Waals surface area contributed by atoms with E-state index in [4.69, 9.17) is 5.11 Å². The van der Waals surface area contributed by atoms with E-state index in [1.807, 2.05) is 0 Å². The molecule has 8 heteroatoms. The predicted molar refractivity (Wildman–Crippen MR) is 69.6 cm³/mol. The summed E-state index contributed by atoms with van der Waals surface area (Å²) in [6, 6.07) is 0. The summed E-state index contributed by atoms with van der Waals surface area (Å²) < 4.78 is 37.7. The van der Waals surface area contributed by atoms with Crippen molar-refractivity contribution in [3.8, 4) is 0 Å². The van der Waals surface area contributed by atoms with E-state index in [9.17, 15) is 18.0 Å². The first-order chi connectivity index (χ1) is 9.31. The lowest BCUT2D eigenvalue weighted by molar-refractivity contribution is -0.119. The maximum atomic E-state index is 12.6. The first-order valence-electron chi connectivity index (χ1n) is 6.37. The Bertz CT molecular complexity index is 497. The molecule has 0 spiro atoms. The fourth-order valence-electron chi connectivity index (χ4n) is 1.97. The molecule has 1 N–H and O–H groups in total. The Labute approximate surface area is 118 Å². The van der Waals surface area contributed by atoms with E-state index in [-0.39, 0.29) is 22.5 Å². The van der Waals surface area contributed by atoms with E-state index in [0.717, 1.165) is 29.1 Å². The molecule has 1 heterocycles. The van der Waals surface area contributed by atoms with Crippen LogP contribution in [0.1, 0.15) is 47.5 Å². The van der Waals surface area contributed by atoms with Gasteiger partial charge in [-0.25, -0.2) is 9.78 Å². The van der Waals surface area contributed by atoms with Crippen LogP contribution in [0.3, 0.4) is 0 Å². The van der Waals surface area contributed by atoms with E-state index >= 15 is 0 Å². The van der Waals surface area contributed by atoms with Gasteiger partial charge in [-0.05, 0) is 19.3 Å². The molecule has 0 atom stereocenters. The van der Waals surface area contributed by atoms with Gasteiger partial charge in [0, 0.05) is 12.5 Å². The maximum Gasteiger partial charge on any atom is 0.406 e. The first-order valence-corrected chi connectivity index (χ1v) is 7.19. The number of alkyl halides is 3. The third kappa shape index (κ3) is 3.62. The second-order valence-corrected chi connectivity index (χ2v) is 5.80. The standard InChI is InChI=1S/C12H15F3N2O2S/c1-2-5-17(6-12(13,14)15)11-16-8(7-3-4-7)9(20-11)10(18)19/h7H,2-6H2,1H3,(H,18,19). The Morgan fingerprint density at radius 2 is 2.15 bits per heavy atom. The SMILES string of the molecule is CCCN(CC(F)(F)F)c1nc(C2CC2)c(C(=O)O)s1.